The van der Waals surface area contributed by atoms with Gasteiger partial charge in [-0.25, -0.2) is 0 Å². The Morgan fingerprint density at radius 2 is 1.00 bits per heavy atom. The van der Waals surface area contributed by atoms with E-state index in [1.807, 2.05) is 79.7 Å². The van der Waals surface area contributed by atoms with Gasteiger partial charge in [-0.2, -0.15) is 8.42 Å². The van der Waals surface area contributed by atoms with E-state index in [0.29, 0.717) is 17.2 Å². The first-order valence-corrected chi connectivity index (χ1v) is 17.1. The van der Waals surface area contributed by atoms with E-state index in [2.05, 4.69) is 0 Å². The monoisotopic (exact) mass is 694 g/mol. The molecule has 0 radical (unpaired) electrons. The minimum atomic E-state index is -4.16. The molecule has 0 spiro atoms. The third kappa shape index (κ3) is 9.79. The largest absolute Gasteiger partial charge is 0.497 e. The number of aliphatic hydroxyl groups is 1. The smallest absolute Gasteiger partial charge is 0.297 e. The summed E-state index contributed by atoms with van der Waals surface area (Å²) in [5.74, 6) is 2.08. The Kier molecular flexibility index (Phi) is 12.6. The molecule has 0 aliphatic carbocycles. The number of benzene rings is 4. The maximum absolute atomic E-state index is 13.2. The Bertz CT molecular complexity index is 1690. The van der Waals surface area contributed by atoms with Gasteiger partial charge in [-0.15, -0.1) is 0 Å². The fourth-order valence-corrected chi connectivity index (χ4v) is 6.19. The number of hydrogen-bond donors (Lipinski definition) is 1. The highest BCUT2D eigenvalue weighted by molar-refractivity contribution is 7.86. The maximum Gasteiger partial charge on any atom is 0.297 e. The van der Waals surface area contributed by atoms with Gasteiger partial charge in [0.1, 0.15) is 41.7 Å². The quantitative estimate of drug-likeness (QED) is 0.156. The van der Waals surface area contributed by atoms with Crippen molar-refractivity contribution < 1.29 is 50.9 Å². The fraction of sp³-hybridized carbons (Fsp3) is 0.351. The van der Waals surface area contributed by atoms with Gasteiger partial charge in [0.25, 0.3) is 10.1 Å². The summed E-state index contributed by atoms with van der Waals surface area (Å²) in [6.07, 6.45) is -5.44. The van der Waals surface area contributed by atoms with E-state index in [9.17, 15) is 13.5 Å². The van der Waals surface area contributed by atoms with Crippen molar-refractivity contribution in [2.75, 3.05) is 27.9 Å². The molecule has 1 N–H and O–H groups in total. The molecule has 0 bridgehead atoms. The van der Waals surface area contributed by atoms with Crippen LogP contribution >= 0.6 is 0 Å². The van der Waals surface area contributed by atoms with Crippen molar-refractivity contribution in [2.24, 2.45) is 0 Å². The van der Waals surface area contributed by atoms with Gasteiger partial charge in [-0.05, 0) is 72.1 Å². The van der Waals surface area contributed by atoms with E-state index in [-0.39, 0.29) is 24.7 Å². The lowest BCUT2D eigenvalue weighted by Crippen LogP contribution is -2.61. The Morgan fingerprint density at radius 1 is 0.592 bits per heavy atom. The molecule has 0 aromatic heterocycles. The first-order valence-electron chi connectivity index (χ1n) is 15.7. The second-order valence-electron chi connectivity index (χ2n) is 11.5. The maximum atomic E-state index is 13.2. The normalized spacial score (nSPS) is 20.9. The second kappa shape index (κ2) is 17.1. The van der Waals surface area contributed by atoms with Crippen LogP contribution in [-0.4, -0.2) is 72.2 Å². The van der Waals surface area contributed by atoms with Crippen LogP contribution in [0.3, 0.4) is 0 Å². The molecule has 4 aromatic carbocycles. The molecule has 49 heavy (non-hydrogen) atoms. The summed E-state index contributed by atoms with van der Waals surface area (Å²) in [6, 6.07) is 28.4. The number of hydrogen-bond acceptors (Lipinski definition) is 11. The van der Waals surface area contributed by atoms with Crippen LogP contribution in [0.4, 0.5) is 0 Å². The summed E-state index contributed by atoms with van der Waals surface area (Å²) >= 11 is 0. The summed E-state index contributed by atoms with van der Waals surface area (Å²) in [5, 5.41) is 11.3. The molecular formula is C37H42O11S. The van der Waals surface area contributed by atoms with Gasteiger partial charge in [0, 0.05) is 0 Å². The third-order valence-electron chi connectivity index (χ3n) is 8.11. The van der Waals surface area contributed by atoms with E-state index in [4.69, 9.17) is 37.3 Å². The summed E-state index contributed by atoms with van der Waals surface area (Å²) < 4.78 is 72.8. The molecule has 4 aromatic rings. The third-order valence-corrected chi connectivity index (χ3v) is 9.41. The number of aliphatic hydroxyl groups excluding tert-OH is 1. The molecule has 11 nitrogen and oxygen atoms in total. The molecule has 1 aliphatic heterocycles. The second-order valence-corrected chi connectivity index (χ2v) is 13.1. The molecular weight excluding hydrogens is 652 g/mol. The molecule has 0 amide bonds. The lowest BCUT2D eigenvalue weighted by molar-refractivity contribution is -0.314. The van der Waals surface area contributed by atoms with E-state index >= 15 is 0 Å². The minimum Gasteiger partial charge on any atom is -0.497 e. The first kappa shape index (κ1) is 36.3. The molecule has 5 atom stereocenters. The number of aryl methyl sites for hydroxylation is 1. The number of methoxy groups -OCH3 is 3. The highest BCUT2D eigenvalue weighted by Crippen LogP contribution is 2.31. The van der Waals surface area contributed by atoms with E-state index in [1.54, 1.807) is 33.5 Å². The Morgan fingerprint density at radius 3 is 1.43 bits per heavy atom. The van der Waals surface area contributed by atoms with Crippen molar-refractivity contribution in [1.82, 2.24) is 0 Å². The van der Waals surface area contributed by atoms with Crippen molar-refractivity contribution in [1.29, 1.82) is 0 Å². The van der Waals surface area contributed by atoms with Crippen LogP contribution in [0.1, 0.15) is 22.3 Å². The van der Waals surface area contributed by atoms with Gasteiger partial charge in [-0.3, -0.25) is 4.18 Å². The minimum absolute atomic E-state index is 0.00170. The van der Waals surface area contributed by atoms with E-state index in [1.165, 1.54) is 12.1 Å². The van der Waals surface area contributed by atoms with Crippen molar-refractivity contribution in [3.63, 3.8) is 0 Å². The predicted octanol–water partition coefficient (Wildman–Crippen LogP) is 5.20. The fourth-order valence-electron chi connectivity index (χ4n) is 5.27. The molecule has 0 unspecified atom stereocenters. The predicted molar refractivity (Wildman–Crippen MR) is 180 cm³/mol. The molecule has 1 heterocycles. The molecule has 5 rings (SSSR count). The van der Waals surface area contributed by atoms with Crippen LogP contribution in [0.2, 0.25) is 0 Å². The summed E-state index contributed by atoms with van der Waals surface area (Å²) in [5.41, 5.74) is 3.39. The Balaban J connectivity index is 1.42. The van der Waals surface area contributed by atoms with Crippen LogP contribution < -0.4 is 14.2 Å². The van der Waals surface area contributed by atoms with Crippen molar-refractivity contribution in [2.45, 2.75) is 62.3 Å². The highest BCUT2D eigenvalue weighted by atomic mass is 32.2. The number of ether oxygens (including phenoxy) is 7. The van der Waals surface area contributed by atoms with Crippen LogP contribution in [-0.2, 0) is 53.1 Å². The lowest BCUT2D eigenvalue weighted by atomic mass is 9.98. The summed E-state index contributed by atoms with van der Waals surface area (Å²) in [4.78, 5) is -0.00170. The van der Waals surface area contributed by atoms with Crippen molar-refractivity contribution >= 4 is 10.1 Å². The van der Waals surface area contributed by atoms with Crippen LogP contribution in [0.5, 0.6) is 17.2 Å². The van der Waals surface area contributed by atoms with E-state index in [0.717, 1.165) is 22.3 Å². The Hall–Kier alpha value is -4.01. The van der Waals surface area contributed by atoms with Crippen LogP contribution in [0, 0.1) is 6.92 Å². The van der Waals surface area contributed by atoms with Crippen molar-refractivity contribution in [3.05, 3.63) is 119 Å². The zero-order valence-electron chi connectivity index (χ0n) is 27.9. The first-order chi connectivity index (χ1) is 23.7. The zero-order valence-corrected chi connectivity index (χ0v) is 28.7. The summed E-state index contributed by atoms with van der Waals surface area (Å²) in [6.45, 7) is 1.77. The molecule has 12 heteroatoms. The molecule has 262 valence electrons. The van der Waals surface area contributed by atoms with Crippen LogP contribution in [0.25, 0.3) is 0 Å². The highest BCUT2D eigenvalue weighted by Gasteiger charge is 2.48. The van der Waals surface area contributed by atoms with Gasteiger partial charge in [0.2, 0.25) is 0 Å². The molecule has 1 saturated heterocycles. The molecule has 1 aliphatic rings. The zero-order chi connectivity index (χ0) is 34.8. The van der Waals surface area contributed by atoms with Gasteiger partial charge >= 0.3 is 0 Å². The summed E-state index contributed by atoms with van der Waals surface area (Å²) in [7, 11) is 0.600. The standard InChI is InChI=1S/C37H42O11S/c1-25-5-19-32(20-6-25)49(39,40)47-24-33-34(44-21-26-7-13-29(41-2)14-8-26)35(45-22-27-9-15-30(42-3)16-10-27)36(37(38)48-33)46-23-28-11-17-31(43-4)18-12-28/h5-20,33-38H,21-24H2,1-4H3/t33-,34-,35+,36-,37-/m1/s1. The lowest BCUT2D eigenvalue weighted by Gasteiger charge is -2.44. The average molecular weight is 695 g/mol. The topological polar surface area (TPSA) is 128 Å². The van der Waals surface area contributed by atoms with Gasteiger partial charge < -0.3 is 38.3 Å². The van der Waals surface area contributed by atoms with Gasteiger partial charge in [0.15, 0.2) is 6.29 Å². The SMILES string of the molecule is COc1ccc(CO[C@@H]2[C@@H](OCc3ccc(OC)cc3)[C@H](O)O[C@H](COS(=O)(=O)c3ccc(C)cc3)[C@H]2OCc2ccc(OC)cc2)cc1. The van der Waals surface area contributed by atoms with E-state index < -0.39 is 47.4 Å². The van der Waals surface area contributed by atoms with Gasteiger partial charge in [0.05, 0.1) is 52.7 Å². The number of rotatable bonds is 16. The molecule has 1 fully saturated rings. The average Bonchev–Trinajstić information content (AvgIpc) is 3.13. The Labute approximate surface area is 287 Å². The molecule has 0 saturated carbocycles. The van der Waals surface area contributed by atoms with Crippen molar-refractivity contribution in [3.8, 4) is 17.2 Å². The van der Waals surface area contributed by atoms with Crippen LogP contribution in [0.15, 0.2) is 102 Å². The van der Waals surface area contributed by atoms with Gasteiger partial charge in [-0.1, -0.05) is 54.1 Å².